The van der Waals surface area contributed by atoms with Gasteiger partial charge in [0.05, 0.1) is 7.11 Å². The number of carbonyl (C=O) groups is 1. The lowest BCUT2D eigenvalue weighted by Gasteiger charge is -2.20. The van der Waals surface area contributed by atoms with E-state index >= 15 is 0 Å². The first kappa shape index (κ1) is 11.7. The monoisotopic (exact) mass is 230 g/mol. The zero-order chi connectivity index (χ0) is 12.5. The molecule has 0 aromatic heterocycles. The van der Waals surface area contributed by atoms with E-state index in [0.29, 0.717) is 0 Å². The number of methoxy groups -OCH3 is 1. The molecular formula is C14H14O3. The molecule has 1 aromatic carbocycles. The number of benzene rings is 1. The Bertz CT molecular complexity index is 463. The molecule has 0 amide bonds. The second kappa shape index (κ2) is 4.23. The lowest BCUT2D eigenvalue weighted by Crippen LogP contribution is -2.34. The molecule has 1 aliphatic carbocycles. The van der Waals surface area contributed by atoms with Crippen LogP contribution in [0, 0.1) is 12.3 Å². The molecule has 2 rings (SSSR count). The van der Waals surface area contributed by atoms with E-state index in [2.05, 4.69) is 10.7 Å². The summed E-state index contributed by atoms with van der Waals surface area (Å²) in [6, 6.07) is 7.38. The number of terminal acetylenes is 1. The first-order chi connectivity index (χ1) is 8.14. The summed E-state index contributed by atoms with van der Waals surface area (Å²) in [5.74, 6) is 1.95. The third kappa shape index (κ3) is 1.92. The average molecular weight is 230 g/mol. The van der Waals surface area contributed by atoms with Gasteiger partial charge in [0.2, 0.25) is 0 Å². The van der Waals surface area contributed by atoms with Crippen molar-refractivity contribution in [2.45, 2.75) is 24.4 Å². The van der Waals surface area contributed by atoms with Crippen molar-refractivity contribution in [3.8, 4) is 12.3 Å². The molecule has 88 valence electrons. The van der Waals surface area contributed by atoms with Crippen molar-refractivity contribution in [3.05, 3.63) is 35.4 Å². The molecule has 17 heavy (non-hydrogen) atoms. The van der Waals surface area contributed by atoms with Crippen molar-refractivity contribution in [1.29, 1.82) is 0 Å². The number of aliphatic hydroxyl groups excluding tert-OH is 1. The van der Waals surface area contributed by atoms with E-state index < -0.39 is 17.5 Å². The predicted molar refractivity (Wildman–Crippen MR) is 63.3 cm³/mol. The number of hydrogen-bond acceptors (Lipinski definition) is 3. The number of esters is 1. The van der Waals surface area contributed by atoms with Crippen LogP contribution in [0.4, 0.5) is 0 Å². The maximum atomic E-state index is 11.4. The van der Waals surface area contributed by atoms with Crippen molar-refractivity contribution < 1.29 is 14.6 Å². The number of aliphatic hydroxyl groups is 1. The van der Waals surface area contributed by atoms with Gasteiger partial charge in [0.15, 0.2) is 6.10 Å². The van der Waals surface area contributed by atoms with Gasteiger partial charge in [-0.25, -0.2) is 4.79 Å². The minimum Gasteiger partial charge on any atom is -0.467 e. The molecule has 1 N–H and O–H groups in total. The van der Waals surface area contributed by atoms with Crippen LogP contribution >= 0.6 is 0 Å². The fourth-order valence-electron chi connectivity index (χ4n) is 2.09. The Morgan fingerprint density at radius 3 is 2.47 bits per heavy atom. The lowest BCUT2D eigenvalue weighted by molar-refractivity contribution is -0.152. The summed E-state index contributed by atoms with van der Waals surface area (Å²) in [5.41, 5.74) is 1.26. The molecular weight excluding hydrogens is 216 g/mol. The number of rotatable bonds is 3. The van der Waals surface area contributed by atoms with Gasteiger partial charge in [-0.15, -0.1) is 6.42 Å². The van der Waals surface area contributed by atoms with Gasteiger partial charge in [0.25, 0.3) is 0 Å². The lowest BCUT2D eigenvalue weighted by atomic mass is 9.89. The van der Waals surface area contributed by atoms with Gasteiger partial charge in [-0.3, -0.25) is 0 Å². The molecule has 0 heterocycles. The quantitative estimate of drug-likeness (QED) is 0.627. The van der Waals surface area contributed by atoms with E-state index in [0.717, 1.165) is 24.0 Å². The second-order valence-electron chi connectivity index (χ2n) is 4.30. The topological polar surface area (TPSA) is 46.5 Å². The molecule has 1 atom stereocenters. The van der Waals surface area contributed by atoms with Gasteiger partial charge in [0, 0.05) is 11.0 Å². The third-order valence-corrected chi connectivity index (χ3v) is 3.36. The SMILES string of the molecule is C#Cc1ccc(C2(C(O)C(=O)OC)CC2)cc1. The zero-order valence-corrected chi connectivity index (χ0v) is 9.64. The van der Waals surface area contributed by atoms with Crippen LogP contribution in [0.1, 0.15) is 24.0 Å². The van der Waals surface area contributed by atoms with E-state index in [1.165, 1.54) is 7.11 Å². The summed E-state index contributed by atoms with van der Waals surface area (Å²) in [4.78, 5) is 11.4. The van der Waals surface area contributed by atoms with Crippen molar-refractivity contribution in [1.82, 2.24) is 0 Å². The van der Waals surface area contributed by atoms with Crippen LogP contribution in [0.5, 0.6) is 0 Å². The summed E-state index contributed by atoms with van der Waals surface area (Å²) < 4.78 is 4.58. The Kier molecular flexibility index (Phi) is 2.91. The van der Waals surface area contributed by atoms with E-state index in [4.69, 9.17) is 6.42 Å². The Labute approximate surface area is 100 Å². The molecule has 1 aliphatic rings. The highest BCUT2D eigenvalue weighted by atomic mass is 16.5. The fraction of sp³-hybridized carbons (Fsp3) is 0.357. The Hall–Kier alpha value is -1.79. The predicted octanol–water partition coefficient (Wildman–Crippen LogP) is 1.23. The van der Waals surface area contributed by atoms with Crippen LogP contribution in [0.2, 0.25) is 0 Å². The Morgan fingerprint density at radius 1 is 1.47 bits per heavy atom. The van der Waals surface area contributed by atoms with Crippen molar-refractivity contribution in [2.24, 2.45) is 0 Å². The van der Waals surface area contributed by atoms with Gasteiger partial charge >= 0.3 is 5.97 Å². The van der Waals surface area contributed by atoms with Crippen molar-refractivity contribution >= 4 is 5.97 Å². The summed E-state index contributed by atoms with van der Waals surface area (Å²) >= 11 is 0. The van der Waals surface area contributed by atoms with Crippen LogP contribution in [0.15, 0.2) is 24.3 Å². The maximum Gasteiger partial charge on any atom is 0.335 e. The molecule has 3 nitrogen and oxygen atoms in total. The molecule has 1 fully saturated rings. The molecule has 0 bridgehead atoms. The second-order valence-corrected chi connectivity index (χ2v) is 4.30. The normalized spacial score (nSPS) is 17.9. The first-order valence-electron chi connectivity index (χ1n) is 5.47. The van der Waals surface area contributed by atoms with Crippen LogP contribution in [0.25, 0.3) is 0 Å². The molecule has 0 aliphatic heterocycles. The molecule has 0 radical (unpaired) electrons. The first-order valence-corrected chi connectivity index (χ1v) is 5.47. The minimum atomic E-state index is -1.09. The minimum absolute atomic E-state index is 0.472. The van der Waals surface area contributed by atoms with E-state index in [1.54, 1.807) is 0 Å². The van der Waals surface area contributed by atoms with Crippen LogP contribution < -0.4 is 0 Å². The highest BCUT2D eigenvalue weighted by Gasteiger charge is 2.53. The molecule has 1 saturated carbocycles. The number of ether oxygens (including phenoxy) is 1. The Balaban J connectivity index is 2.26. The van der Waals surface area contributed by atoms with Crippen LogP contribution in [-0.4, -0.2) is 24.3 Å². The Morgan fingerprint density at radius 2 is 2.06 bits per heavy atom. The van der Waals surface area contributed by atoms with Gasteiger partial charge in [0.1, 0.15) is 0 Å². The van der Waals surface area contributed by atoms with E-state index in [9.17, 15) is 9.90 Å². The van der Waals surface area contributed by atoms with E-state index in [1.807, 2.05) is 24.3 Å². The van der Waals surface area contributed by atoms with Gasteiger partial charge < -0.3 is 9.84 Å². The third-order valence-electron chi connectivity index (χ3n) is 3.36. The van der Waals surface area contributed by atoms with Crippen molar-refractivity contribution in [3.63, 3.8) is 0 Å². The molecule has 1 aromatic rings. The summed E-state index contributed by atoms with van der Waals surface area (Å²) in [7, 11) is 1.28. The number of carbonyl (C=O) groups excluding carboxylic acids is 1. The molecule has 0 spiro atoms. The highest BCUT2D eigenvalue weighted by molar-refractivity contribution is 5.77. The molecule has 3 heteroatoms. The molecule has 1 unspecified atom stereocenters. The van der Waals surface area contributed by atoms with E-state index in [-0.39, 0.29) is 0 Å². The summed E-state index contributed by atoms with van der Waals surface area (Å²) in [5, 5.41) is 9.97. The van der Waals surface area contributed by atoms with Crippen LogP contribution in [0.3, 0.4) is 0 Å². The smallest absolute Gasteiger partial charge is 0.335 e. The summed E-state index contributed by atoms with van der Waals surface area (Å²) in [6.45, 7) is 0. The average Bonchev–Trinajstić information content (AvgIpc) is 3.18. The maximum absolute atomic E-state index is 11.4. The van der Waals surface area contributed by atoms with Gasteiger partial charge in [-0.2, -0.15) is 0 Å². The van der Waals surface area contributed by atoms with Gasteiger partial charge in [-0.1, -0.05) is 18.1 Å². The standard InChI is InChI=1S/C14H14O3/c1-3-10-4-6-11(7-5-10)14(8-9-14)12(15)13(16)17-2/h1,4-7,12,15H,8-9H2,2H3. The van der Waals surface area contributed by atoms with Crippen LogP contribution in [-0.2, 0) is 14.9 Å². The zero-order valence-electron chi connectivity index (χ0n) is 9.64. The fourth-order valence-corrected chi connectivity index (χ4v) is 2.09. The summed E-state index contributed by atoms with van der Waals surface area (Å²) in [6.07, 6.45) is 5.77. The van der Waals surface area contributed by atoms with Gasteiger partial charge in [-0.05, 0) is 30.5 Å². The number of hydrogen-bond donors (Lipinski definition) is 1. The largest absolute Gasteiger partial charge is 0.467 e. The highest BCUT2D eigenvalue weighted by Crippen LogP contribution is 2.51. The molecule has 0 saturated heterocycles. The van der Waals surface area contributed by atoms with Crippen molar-refractivity contribution in [2.75, 3.05) is 7.11 Å².